The fourth-order valence-corrected chi connectivity index (χ4v) is 7.96. The molecule has 3 aliphatic heterocycles. The standard InChI is InChI=1S/C40H45FN6O5/c1-45-23-33(30-9-14-42-22-32(30)40(45)51)28-20-34(41)31(36(21-28)52-2)19-25-10-15-46(16-11-25)24-38(49)47-17-12-27(13-18-47)26-3-5-29(6-4-26)43-35-7-8-37(48)44-39(35)50/h3-6,9,14,20-23,25,27,35,43H,7-8,10-13,15-19,24H2,1-2H3,(H,44,48,50). The number of fused-ring (bicyclic) bond motifs is 1. The third-order valence-electron chi connectivity index (χ3n) is 11.0. The number of anilines is 1. The number of ether oxygens (including phenoxy) is 1. The summed E-state index contributed by atoms with van der Waals surface area (Å²) in [7, 11) is 3.24. The number of aromatic nitrogens is 2. The van der Waals surface area contributed by atoms with Gasteiger partial charge in [-0.2, -0.15) is 0 Å². The Morgan fingerprint density at radius 2 is 1.73 bits per heavy atom. The molecule has 7 rings (SSSR count). The number of pyridine rings is 2. The Hall–Kier alpha value is -5.10. The van der Waals surface area contributed by atoms with Crippen molar-refractivity contribution in [3.05, 3.63) is 88.4 Å². The van der Waals surface area contributed by atoms with E-state index in [1.165, 1.54) is 16.2 Å². The molecule has 3 aliphatic rings. The summed E-state index contributed by atoms with van der Waals surface area (Å²) in [5.41, 5.74) is 3.85. The number of methoxy groups -OCH3 is 1. The fraction of sp³-hybridized carbons (Fsp3) is 0.425. The van der Waals surface area contributed by atoms with Crippen LogP contribution in [0.5, 0.6) is 5.75 Å². The van der Waals surface area contributed by atoms with Crippen molar-refractivity contribution < 1.29 is 23.5 Å². The monoisotopic (exact) mass is 708 g/mol. The van der Waals surface area contributed by atoms with Gasteiger partial charge in [0.1, 0.15) is 17.6 Å². The molecule has 1 atom stereocenters. The van der Waals surface area contributed by atoms with Gasteiger partial charge in [0.25, 0.3) is 5.56 Å². The summed E-state index contributed by atoms with van der Waals surface area (Å²) < 4.78 is 23.0. The second-order valence-corrected chi connectivity index (χ2v) is 14.4. The maximum absolute atomic E-state index is 15.8. The molecule has 1 unspecified atom stereocenters. The Balaban J connectivity index is 0.893. The van der Waals surface area contributed by atoms with E-state index in [9.17, 15) is 19.2 Å². The molecule has 272 valence electrons. The molecule has 5 heterocycles. The number of nitrogens with zero attached hydrogens (tertiary/aromatic N) is 4. The van der Waals surface area contributed by atoms with E-state index in [0.29, 0.717) is 59.4 Å². The highest BCUT2D eigenvalue weighted by Crippen LogP contribution is 2.36. The Morgan fingerprint density at radius 1 is 0.981 bits per heavy atom. The smallest absolute Gasteiger partial charge is 0.259 e. The van der Waals surface area contributed by atoms with E-state index in [2.05, 4.69) is 32.7 Å². The van der Waals surface area contributed by atoms with Crippen molar-refractivity contribution in [3.63, 3.8) is 0 Å². The molecular formula is C40H45FN6O5. The van der Waals surface area contributed by atoms with Crippen molar-refractivity contribution in [1.29, 1.82) is 0 Å². The van der Waals surface area contributed by atoms with Crippen LogP contribution < -0.4 is 20.9 Å². The predicted molar refractivity (Wildman–Crippen MR) is 197 cm³/mol. The van der Waals surface area contributed by atoms with Crippen molar-refractivity contribution in [2.75, 3.05) is 45.2 Å². The van der Waals surface area contributed by atoms with Crippen molar-refractivity contribution in [2.45, 2.75) is 56.9 Å². The first kappa shape index (κ1) is 35.3. The molecule has 4 aromatic rings. The zero-order valence-corrected chi connectivity index (χ0v) is 29.7. The summed E-state index contributed by atoms with van der Waals surface area (Å²) in [4.78, 5) is 57.8. The lowest BCUT2D eigenvalue weighted by Gasteiger charge is -2.36. The van der Waals surface area contributed by atoms with Crippen LogP contribution in [0.15, 0.2) is 65.8 Å². The fourth-order valence-electron chi connectivity index (χ4n) is 7.96. The number of aryl methyl sites for hydroxylation is 1. The van der Waals surface area contributed by atoms with Gasteiger partial charge in [-0.1, -0.05) is 12.1 Å². The Bertz CT molecular complexity index is 2030. The van der Waals surface area contributed by atoms with E-state index in [1.807, 2.05) is 23.1 Å². The van der Waals surface area contributed by atoms with Crippen LogP contribution in [-0.2, 0) is 27.9 Å². The first-order valence-corrected chi connectivity index (χ1v) is 18.2. The predicted octanol–water partition coefficient (Wildman–Crippen LogP) is 4.63. The number of amides is 3. The lowest BCUT2D eigenvalue weighted by Crippen LogP contribution is -2.47. The Kier molecular flexibility index (Phi) is 10.4. The molecule has 12 heteroatoms. The van der Waals surface area contributed by atoms with Gasteiger partial charge in [-0.25, -0.2) is 4.39 Å². The number of carbonyl (C=O) groups excluding carboxylic acids is 3. The van der Waals surface area contributed by atoms with E-state index in [0.717, 1.165) is 63.1 Å². The van der Waals surface area contributed by atoms with Crippen LogP contribution in [0.1, 0.15) is 55.6 Å². The lowest BCUT2D eigenvalue weighted by atomic mass is 9.88. The van der Waals surface area contributed by atoms with Crippen LogP contribution in [0, 0.1) is 11.7 Å². The average Bonchev–Trinajstić information content (AvgIpc) is 3.16. The van der Waals surface area contributed by atoms with Gasteiger partial charge in [-0.3, -0.25) is 34.4 Å². The number of likely N-dealkylation sites (tertiary alicyclic amines) is 2. The largest absolute Gasteiger partial charge is 0.496 e. The van der Waals surface area contributed by atoms with E-state index in [4.69, 9.17) is 4.74 Å². The average molecular weight is 709 g/mol. The van der Waals surface area contributed by atoms with E-state index in [1.54, 1.807) is 38.8 Å². The quantitative estimate of drug-likeness (QED) is 0.242. The molecule has 0 bridgehead atoms. The molecular weight excluding hydrogens is 663 g/mol. The van der Waals surface area contributed by atoms with Crippen LogP contribution in [-0.4, -0.2) is 82.9 Å². The summed E-state index contributed by atoms with van der Waals surface area (Å²) in [6, 6.07) is 12.9. The van der Waals surface area contributed by atoms with Gasteiger partial charge in [0.05, 0.1) is 19.0 Å². The molecule has 2 aromatic carbocycles. The summed E-state index contributed by atoms with van der Waals surface area (Å²) in [6.45, 7) is 3.40. The number of nitrogens with one attached hydrogen (secondary N) is 2. The molecule has 0 spiro atoms. The van der Waals surface area contributed by atoms with Crippen molar-refractivity contribution in [3.8, 4) is 16.9 Å². The molecule has 0 saturated carbocycles. The molecule has 3 fully saturated rings. The van der Waals surface area contributed by atoms with Gasteiger partial charge in [-0.05, 0) is 110 Å². The van der Waals surface area contributed by atoms with Crippen LogP contribution in [0.25, 0.3) is 21.9 Å². The molecule has 3 saturated heterocycles. The number of hydrogen-bond donors (Lipinski definition) is 2. The first-order valence-electron chi connectivity index (χ1n) is 18.2. The van der Waals surface area contributed by atoms with Crippen molar-refractivity contribution in [2.24, 2.45) is 13.0 Å². The molecule has 2 aromatic heterocycles. The van der Waals surface area contributed by atoms with E-state index < -0.39 is 6.04 Å². The highest BCUT2D eigenvalue weighted by atomic mass is 19.1. The number of carbonyl (C=O) groups is 3. The topological polar surface area (TPSA) is 126 Å². The Labute approximate surface area is 302 Å². The third-order valence-corrected chi connectivity index (χ3v) is 11.0. The summed E-state index contributed by atoms with van der Waals surface area (Å²) >= 11 is 0. The maximum atomic E-state index is 15.8. The minimum atomic E-state index is -0.409. The SMILES string of the molecule is COc1cc(-c2cn(C)c(=O)c3cnccc23)cc(F)c1CC1CCN(CC(=O)N2CCC(c3ccc(NC4CCC(=O)NC4=O)cc3)CC2)CC1. The van der Waals surface area contributed by atoms with Gasteiger partial charge < -0.3 is 19.5 Å². The van der Waals surface area contributed by atoms with Gasteiger partial charge in [-0.15, -0.1) is 0 Å². The van der Waals surface area contributed by atoms with Gasteiger partial charge >= 0.3 is 0 Å². The van der Waals surface area contributed by atoms with Gasteiger partial charge in [0.2, 0.25) is 17.7 Å². The number of piperidine rings is 3. The molecule has 2 N–H and O–H groups in total. The normalized spacial score (nSPS) is 19.1. The van der Waals surface area contributed by atoms with Crippen LogP contribution in [0.4, 0.5) is 10.1 Å². The van der Waals surface area contributed by atoms with Crippen LogP contribution in [0.3, 0.4) is 0 Å². The molecule has 0 aliphatic carbocycles. The molecule has 3 amide bonds. The first-order chi connectivity index (χ1) is 25.2. The third kappa shape index (κ3) is 7.57. The molecule has 52 heavy (non-hydrogen) atoms. The van der Waals surface area contributed by atoms with Gasteiger partial charge in [0, 0.05) is 62.0 Å². The van der Waals surface area contributed by atoms with Crippen LogP contribution in [0.2, 0.25) is 0 Å². The maximum Gasteiger partial charge on any atom is 0.259 e. The van der Waals surface area contributed by atoms with Crippen LogP contribution >= 0.6 is 0 Å². The van der Waals surface area contributed by atoms with E-state index >= 15 is 4.39 Å². The summed E-state index contributed by atoms with van der Waals surface area (Å²) in [6.07, 6.45) is 9.80. The number of halogens is 1. The summed E-state index contributed by atoms with van der Waals surface area (Å²) in [5.74, 6) is 0.451. The van der Waals surface area contributed by atoms with E-state index in [-0.39, 0.29) is 35.0 Å². The highest BCUT2D eigenvalue weighted by Gasteiger charge is 2.29. The number of rotatable bonds is 9. The zero-order chi connectivity index (χ0) is 36.4. The second kappa shape index (κ2) is 15.2. The minimum absolute atomic E-state index is 0.157. The highest BCUT2D eigenvalue weighted by molar-refractivity contribution is 6.01. The zero-order valence-electron chi connectivity index (χ0n) is 29.7. The van der Waals surface area contributed by atoms with Crippen molar-refractivity contribution >= 4 is 34.2 Å². The molecule has 11 nitrogen and oxygen atoms in total. The lowest BCUT2D eigenvalue weighted by molar-refractivity contribution is -0.134. The van der Waals surface area contributed by atoms with Gasteiger partial charge in [0.15, 0.2) is 0 Å². The molecule has 0 radical (unpaired) electrons. The number of benzene rings is 2. The second-order valence-electron chi connectivity index (χ2n) is 14.4. The number of imide groups is 1. The number of hydrogen-bond acceptors (Lipinski definition) is 8. The summed E-state index contributed by atoms with van der Waals surface area (Å²) in [5, 5.41) is 6.80. The van der Waals surface area contributed by atoms with Crippen molar-refractivity contribution in [1.82, 2.24) is 24.7 Å². The minimum Gasteiger partial charge on any atom is -0.496 e. The Morgan fingerprint density at radius 3 is 2.44 bits per heavy atom.